The molecule has 1 saturated heterocycles. The van der Waals surface area contributed by atoms with Gasteiger partial charge in [-0.05, 0) is 41.4 Å². The lowest BCUT2D eigenvalue weighted by molar-refractivity contribution is 0.209. The topological polar surface area (TPSA) is 49.4 Å². The molecular weight excluding hydrogens is 384 g/mol. The van der Waals surface area contributed by atoms with Gasteiger partial charge in [-0.1, -0.05) is 24.9 Å². The number of sulfonamides is 1. The lowest BCUT2D eigenvalue weighted by Gasteiger charge is -2.37. The first kappa shape index (κ1) is 16.7. The fourth-order valence-corrected chi connectivity index (χ4v) is 6.66. The highest BCUT2D eigenvalue weighted by Gasteiger charge is 2.35. The summed E-state index contributed by atoms with van der Waals surface area (Å²) < 4.78 is 27.9. The van der Waals surface area contributed by atoms with Crippen LogP contribution in [0.25, 0.3) is 0 Å². The monoisotopic (exact) mass is 400 g/mol. The zero-order valence-corrected chi connectivity index (χ0v) is 15.4. The highest BCUT2D eigenvalue weighted by atomic mass is 79.9. The van der Waals surface area contributed by atoms with E-state index < -0.39 is 10.0 Å². The van der Waals surface area contributed by atoms with Crippen LogP contribution in [0.5, 0.6) is 0 Å². The first-order chi connectivity index (χ1) is 9.40. The van der Waals surface area contributed by atoms with E-state index in [1.165, 1.54) is 17.4 Å². The van der Waals surface area contributed by atoms with Crippen molar-refractivity contribution in [3.8, 4) is 0 Å². The smallest absolute Gasteiger partial charge is 0.252 e. The van der Waals surface area contributed by atoms with Gasteiger partial charge in [0.2, 0.25) is 0 Å². The SMILES string of the molecule is CCC1CN(S(=O)(=O)c2cc(Cl)c(Br)s2)CCC1NC. The van der Waals surface area contributed by atoms with Gasteiger partial charge in [-0.2, -0.15) is 4.31 Å². The maximum atomic E-state index is 12.6. The number of hydrogen-bond acceptors (Lipinski definition) is 4. The van der Waals surface area contributed by atoms with E-state index in [9.17, 15) is 8.42 Å². The Labute approximate surface area is 137 Å². The summed E-state index contributed by atoms with van der Waals surface area (Å²) in [5, 5.41) is 3.73. The van der Waals surface area contributed by atoms with E-state index in [4.69, 9.17) is 11.6 Å². The van der Waals surface area contributed by atoms with Gasteiger partial charge in [-0.25, -0.2) is 8.42 Å². The van der Waals surface area contributed by atoms with E-state index in [2.05, 4.69) is 28.2 Å². The maximum Gasteiger partial charge on any atom is 0.252 e. The molecule has 1 N–H and O–H groups in total. The molecule has 2 unspecified atom stereocenters. The Bertz CT molecular complexity index is 557. The summed E-state index contributed by atoms with van der Waals surface area (Å²) in [5.74, 6) is 0.349. The minimum absolute atomic E-state index is 0.312. The van der Waals surface area contributed by atoms with Gasteiger partial charge < -0.3 is 5.32 Å². The van der Waals surface area contributed by atoms with Crippen molar-refractivity contribution in [1.82, 2.24) is 9.62 Å². The summed E-state index contributed by atoms with van der Waals surface area (Å²) in [4.78, 5) is 0. The Hall–Kier alpha value is 0.340. The number of hydrogen-bond donors (Lipinski definition) is 1. The number of piperidine rings is 1. The maximum absolute atomic E-state index is 12.6. The van der Waals surface area contributed by atoms with Crippen LogP contribution in [0.15, 0.2) is 14.1 Å². The van der Waals surface area contributed by atoms with Crippen LogP contribution in [-0.2, 0) is 10.0 Å². The molecule has 20 heavy (non-hydrogen) atoms. The summed E-state index contributed by atoms with van der Waals surface area (Å²) in [5.41, 5.74) is 0. The van der Waals surface area contributed by atoms with Gasteiger partial charge in [0.25, 0.3) is 10.0 Å². The Balaban J connectivity index is 2.22. The van der Waals surface area contributed by atoms with Crippen LogP contribution in [0, 0.1) is 5.92 Å². The van der Waals surface area contributed by atoms with Crippen molar-refractivity contribution < 1.29 is 8.42 Å². The van der Waals surface area contributed by atoms with Gasteiger partial charge in [-0.3, -0.25) is 0 Å². The van der Waals surface area contributed by atoms with Crippen LogP contribution in [0.4, 0.5) is 0 Å². The van der Waals surface area contributed by atoms with Gasteiger partial charge >= 0.3 is 0 Å². The number of nitrogens with one attached hydrogen (secondary N) is 1. The van der Waals surface area contributed by atoms with E-state index in [0.29, 0.717) is 38.1 Å². The third-order valence-corrected chi connectivity index (χ3v) is 8.60. The van der Waals surface area contributed by atoms with Gasteiger partial charge in [0.05, 0.1) is 8.81 Å². The van der Waals surface area contributed by atoms with Crippen molar-refractivity contribution in [2.24, 2.45) is 5.92 Å². The predicted octanol–water partition coefficient (Wildman–Crippen LogP) is 3.17. The first-order valence-electron chi connectivity index (χ1n) is 6.52. The van der Waals surface area contributed by atoms with E-state index >= 15 is 0 Å². The summed E-state index contributed by atoms with van der Waals surface area (Å²) in [6.07, 6.45) is 1.81. The van der Waals surface area contributed by atoms with Crippen molar-refractivity contribution >= 4 is 48.9 Å². The zero-order valence-electron chi connectivity index (χ0n) is 11.4. The number of thiophene rings is 1. The minimum Gasteiger partial charge on any atom is -0.317 e. The van der Waals surface area contributed by atoms with Crippen molar-refractivity contribution in [2.75, 3.05) is 20.1 Å². The Morgan fingerprint density at radius 1 is 1.60 bits per heavy atom. The normalized spacial score (nSPS) is 25.0. The van der Waals surface area contributed by atoms with Gasteiger partial charge in [0.1, 0.15) is 4.21 Å². The molecule has 4 nitrogen and oxygen atoms in total. The molecule has 0 bridgehead atoms. The van der Waals surface area contributed by atoms with Crippen LogP contribution in [-0.4, -0.2) is 38.9 Å². The predicted molar refractivity (Wildman–Crippen MR) is 87.0 cm³/mol. The second-order valence-electron chi connectivity index (χ2n) is 4.90. The molecule has 2 rings (SSSR count). The highest BCUT2D eigenvalue weighted by Crippen LogP contribution is 2.37. The average Bonchev–Trinajstić information content (AvgIpc) is 2.78. The standard InChI is InChI=1S/C12H18BrClN2O2S2/c1-3-8-7-16(5-4-10(8)15-2)20(17,18)11-6-9(14)12(13)19-11/h6,8,10,15H,3-5,7H2,1-2H3. The molecule has 1 aromatic heterocycles. The molecule has 1 aromatic rings. The summed E-state index contributed by atoms with van der Waals surface area (Å²) in [6, 6.07) is 1.92. The van der Waals surface area contributed by atoms with Crippen LogP contribution < -0.4 is 5.32 Å². The molecule has 0 saturated carbocycles. The third kappa shape index (κ3) is 3.23. The molecule has 0 aromatic carbocycles. The Kier molecular flexibility index (Phi) is 5.53. The first-order valence-corrected chi connectivity index (χ1v) is 9.95. The summed E-state index contributed by atoms with van der Waals surface area (Å²) >= 11 is 10.4. The van der Waals surface area contributed by atoms with Crippen molar-refractivity contribution in [3.63, 3.8) is 0 Å². The molecule has 1 fully saturated rings. The van der Waals surface area contributed by atoms with E-state index in [1.54, 1.807) is 4.31 Å². The molecule has 0 radical (unpaired) electrons. The molecule has 114 valence electrons. The fraction of sp³-hybridized carbons (Fsp3) is 0.667. The molecule has 2 atom stereocenters. The second-order valence-corrected chi connectivity index (χ2v) is 9.84. The molecule has 0 spiro atoms. The van der Waals surface area contributed by atoms with Gasteiger partial charge in [-0.15, -0.1) is 11.3 Å². The average molecular weight is 402 g/mol. The quantitative estimate of drug-likeness (QED) is 0.843. The minimum atomic E-state index is -3.43. The van der Waals surface area contributed by atoms with Crippen molar-refractivity contribution in [3.05, 3.63) is 14.9 Å². The Morgan fingerprint density at radius 3 is 2.80 bits per heavy atom. The highest BCUT2D eigenvalue weighted by molar-refractivity contribution is 9.11. The summed E-state index contributed by atoms with van der Waals surface area (Å²) in [7, 11) is -1.49. The molecule has 1 aliphatic heterocycles. The number of nitrogens with zero attached hydrogens (tertiary/aromatic N) is 1. The van der Waals surface area contributed by atoms with E-state index in [0.717, 1.165) is 12.8 Å². The second kappa shape index (κ2) is 6.62. The molecular formula is C12H18BrClN2O2S2. The number of halogens is 2. The van der Waals surface area contributed by atoms with Crippen molar-refractivity contribution in [1.29, 1.82) is 0 Å². The largest absolute Gasteiger partial charge is 0.317 e. The third-order valence-electron chi connectivity index (χ3n) is 3.81. The van der Waals surface area contributed by atoms with E-state index in [-0.39, 0.29) is 0 Å². The molecule has 1 aliphatic rings. The lowest BCUT2D eigenvalue weighted by Crippen LogP contribution is -2.49. The van der Waals surface area contributed by atoms with Crippen LogP contribution >= 0.6 is 38.9 Å². The Morgan fingerprint density at radius 2 is 2.30 bits per heavy atom. The lowest BCUT2D eigenvalue weighted by atomic mass is 9.91. The van der Waals surface area contributed by atoms with Gasteiger partial charge in [0, 0.05) is 19.1 Å². The molecule has 0 aliphatic carbocycles. The van der Waals surface area contributed by atoms with E-state index in [1.807, 2.05) is 7.05 Å². The van der Waals surface area contributed by atoms with Crippen LogP contribution in [0.2, 0.25) is 5.02 Å². The van der Waals surface area contributed by atoms with Crippen LogP contribution in [0.1, 0.15) is 19.8 Å². The van der Waals surface area contributed by atoms with Crippen LogP contribution in [0.3, 0.4) is 0 Å². The van der Waals surface area contributed by atoms with Gasteiger partial charge in [0.15, 0.2) is 0 Å². The zero-order chi connectivity index (χ0) is 14.9. The molecule has 8 heteroatoms. The van der Waals surface area contributed by atoms with Crippen molar-refractivity contribution in [2.45, 2.75) is 30.0 Å². The molecule has 0 amide bonds. The summed E-state index contributed by atoms with van der Waals surface area (Å²) in [6.45, 7) is 3.22. The number of rotatable bonds is 4. The molecule has 2 heterocycles. The fourth-order valence-electron chi connectivity index (χ4n) is 2.59.